The zero-order valence-electron chi connectivity index (χ0n) is 16.8. The molecule has 3 N–H and O–H groups in total. The summed E-state index contributed by atoms with van der Waals surface area (Å²) in [7, 11) is 0. The second-order valence-electron chi connectivity index (χ2n) is 6.64. The van der Waals surface area contributed by atoms with Crippen LogP contribution in [0.5, 0.6) is 5.75 Å². The molecule has 6 nitrogen and oxygen atoms in total. The molecule has 1 unspecified atom stereocenters. The predicted molar refractivity (Wildman–Crippen MR) is 126 cm³/mol. The first-order valence-electron chi connectivity index (χ1n) is 9.77. The Morgan fingerprint density at radius 2 is 1.93 bits per heavy atom. The lowest BCUT2D eigenvalue weighted by atomic mass is 10.0. The Balaban J connectivity index is 0.00000300. The smallest absolute Gasteiger partial charge is 0.189 e. The number of fused-ring (bicyclic) bond motifs is 1. The van der Waals surface area contributed by atoms with Gasteiger partial charge in [-0.25, -0.2) is 4.99 Å². The summed E-state index contributed by atoms with van der Waals surface area (Å²) < 4.78 is 16.6. The number of nitrogens with two attached hydrogens (primary N) is 1. The van der Waals surface area contributed by atoms with Crippen LogP contribution in [0.2, 0.25) is 0 Å². The van der Waals surface area contributed by atoms with E-state index in [-0.39, 0.29) is 30.0 Å². The van der Waals surface area contributed by atoms with E-state index < -0.39 is 0 Å². The Hall–Kier alpha value is -1.84. The predicted octanol–water partition coefficient (Wildman–Crippen LogP) is 3.79. The maximum Gasteiger partial charge on any atom is 0.189 e. The summed E-state index contributed by atoms with van der Waals surface area (Å²) in [5.41, 5.74) is 9.48. The number of halogens is 1. The molecule has 158 valence electrons. The van der Waals surface area contributed by atoms with Gasteiger partial charge < -0.3 is 25.3 Å². The van der Waals surface area contributed by atoms with Crippen molar-refractivity contribution < 1.29 is 14.2 Å². The van der Waals surface area contributed by atoms with Crippen LogP contribution in [0.25, 0.3) is 0 Å². The van der Waals surface area contributed by atoms with E-state index in [1.807, 2.05) is 37.3 Å². The van der Waals surface area contributed by atoms with Gasteiger partial charge in [-0.3, -0.25) is 0 Å². The van der Waals surface area contributed by atoms with Gasteiger partial charge in [-0.2, -0.15) is 0 Å². The van der Waals surface area contributed by atoms with Gasteiger partial charge in [-0.1, -0.05) is 42.5 Å². The topological polar surface area (TPSA) is 78.1 Å². The van der Waals surface area contributed by atoms with Gasteiger partial charge in [-0.05, 0) is 24.1 Å². The summed E-state index contributed by atoms with van der Waals surface area (Å²) in [4.78, 5) is 4.51. The van der Waals surface area contributed by atoms with Crippen molar-refractivity contribution in [1.82, 2.24) is 5.32 Å². The van der Waals surface area contributed by atoms with Crippen molar-refractivity contribution in [3.05, 3.63) is 65.2 Å². The molecule has 7 heteroatoms. The maximum absolute atomic E-state index is 6.13. The highest BCUT2D eigenvalue weighted by Gasteiger charge is 2.21. The number of hydrogen-bond donors (Lipinski definition) is 2. The first kappa shape index (κ1) is 23.4. The molecular weight excluding hydrogens is 481 g/mol. The van der Waals surface area contributed by atoms with Crippen LogP contribution in [0, 0.1) is 0 Å². The maximum atomic E-state index is 6.13. The number of rotatable bonds is 9. The molecule has 0 fully saturated rings. The van der Waals surface area contributed by atoms with Gasteiger partial charge in [0.1, 0.15) is 5.75 Å². The van der Waals surface area contributed by atoms with Crippen LogP contribution >= 0.6 is 24.0 Å². The fourth-order valence-electron chi connectivity index (χ4n) is 3.16. The van der Waals surface area contributed by atoms with Gasteiger partial charge in [0.2, 0.25) is 0 Å². The molecule has 1 atom stereocenters. The minimum absolute atomic E-state index is 0. The van der Waals surface area contributed by atoms with E-state index in [1.54, 1.807) is 0 Å². The third-order valence-electron chi connectivity index (χ3n) is 4.55. The quantitative estimate of drug-likeness (QED) is 0.232. The van der Waals surface area contributed by atoms with Crippen LogP contribution in [0.4, 0.5) is 0 Å². The molecule has 3 rings (SSSR count). The molecule has 0 amide bonds. The summed E-state index contributed by atoms with van der Waals surface area (Å²) in [6.07, 6.45) is 0.863. The van der Waals surface area contributed by atoms with Gasteiger partial charge in [-0.15, -0.1) is 24.0 Å². The molecule has 1 aliphatic heterocycles. The highest BCUT2D eigenvalue weighted by molar-refractivity contribution is 14.0. The number of hydrogen-bond acceptors (Lipinski definition) is 4. The molecular formula is C22H30IN3O3. The first-order chi connectivity index (χ1) is 13.8. The fourth-order valence-corrected chi connectivity index (χ4v) is 3.16. The Kier molecular flexibility index (Phi) is 10.2. The molecule has 1 aliphatic rings. The Bertz CT molecular complexity index is 785. The summed E-state index contributed by atoms with van der Waals surface area (Å²) in [6.45, 7) is 5.68. The van der Waals surface area contributed by atoms with Crippen LogP contribution < -0.4 is 15.8 Å². The van der Waals surface area contributed by atoms with E-state index >= 15 is 0 Å². The van der Waals surface area contributed by atoms with Crippen LogP contribution in [0.1, 0.15) is 36.1 Å². The van der Waals surface area contributed by atoms with Crippen molar-refractivity contribution in [3.8, 4) is 5.75 Å². The summed E-state index contributed by atoms with van der Waals surface area (Å²) >= 11 is 0. The van der Waals surface area contributed by atoms with Crippen molar-refractivity contribution in [2.24, 2.45) is 10.7 Å². The van der Waals surface area contributed by atoms with Crippen molar-refractivity contribution in [3.63, 3.8) is 0 Å². The normalized spacial score (nSPS) is 15.8. The summed E-state index contributed by atoms with van der Waals surface area (Å²) in [5, 5.41) is 3.32. The largest absolute Gasteiger partial charge is 0.493 e. The van der Waals surface area contributed by atoms with Crippen molar-refractivity contribution in [2.75, 3.05) is 26.4 Å². The SMILES string of the molecule is CCOCCOCc1cccc(CN=C(N)NC2CCOc3ccccc32)c1.I. The van der Waals surface area contributed by atoms with Crippen LogP contribution in [0.3, 0.4) is 0 Å². The summed E-state index contributed by atoms with van der Waals surface area (Å²) in [5.74, 6) is 1.36. The molecule has 1 heterocycles. The molecule has 2 aromatic rings. The van der Waals surface area contributed by atoms with E-state index in [2.05, 4.69) is 28.5 Å². The fraction of sp³-hybridized carbons (Fsp3) is 0.409. The van der Waals surface area contributed by atoms with E-state index in [0.717, 1.165) is 28.9 Å². The highest BCUT2D eigenvalue weighted by atomic mass is 127. The lowest BCUT2D eigenvalue weighted by Crippen LogP contribution is -2.37. The average Bonchev–Trinajstić information content (AvgIpc) is 2.73. The lowest BCUT2D eigenvalue weighted by molar-refractivity contribution is 0.0453. The lowest BCUT2D eigenvalue weighted by Gasteiger charge is -2.26. The number of guanidine groups is 1. The molecule has 0 saturated carbocycles. The Labute approximate surface area is 189 Å². The van der Waals surface area contributed by atoms with Gasteiger partial charge >= 0.3 is 0 Å². The van der Waals surface area contributed by atoms with Gasteiger partial charge in [0.25, 0.3) is 0 Å². The number of aliphatic imine (C=N–C) groups is 1. The van der Waals surface area contributed by atoms with E-state index in [4.69, 9.17) is 19.9 Å². The average molecular weight is 511 g/mol. The van der Waals surface area contributed by atoms with Crippen molar-refractivity contribution in [1.29, 1.82) is 0 Å². The van der Waals surface area contributed by atoms with Crippen LogP contribution in [-0.2, 0) is 22.6 Å². The standard InChI is InChI=1S/C22H29N3O3.HI/c1-2-26-12-13-27-16-18-7-5-6-17(14-18)15-24-22(23)25-20-10-11-28-21-9-4-3-8-19(20)21;/h3-9,14,20H,2,10-13,15-16H2,1H3,(H3,23,24,25);1H. The monoisotopic (exact) mass is 511 g/mol. The molecule has 0 saturated heterocycles. The third-order valence-corrected chi connectivity index (χ3v) is 4.55. The van der Waals surface area contributed by atoms with Gasteiger partial charge in [0.05, 0.1) is 39.0 Å². The van der Waals surface area contributed by atoms with Gasteiger partial charge in [0, 0.05) is 18.6 Å². The first-order valence-corrected chi connectivity index (χ1v) is 9.77. The van der Waals surface area contributed by atoms with Gasteiger partial charge in [0.15, 0.2) is 5.96 Å². The van der Waals surface area contributed by atoms with Crippen molar-refractivity contribution >= 4 is 29.9 Å². The molecule has 0 spiro atoms. The molecule has 29 heavy (non-hydrogen) atoms. The number of ether oxygens (including phenoxy) is 3. The van der Waals surface area contributed by atoms with Crippen LogP contribution in [-0.4, -0.2) is 32.4 Å². The van der Waals surface area contributed by atoms with E-state index in [0.29, 0.717) is 45.5 Å². The minimum atomic E-state index is 0. The second-order valence-corrected chi connectivity index (χ2v) is 6.64. The molecule has 0 aromatic heterocycles. The number of para-hydroxylation sites is 1. The molecule has 2 aromatic carbocycles. The molecule has 0 bridgehead atoms. The highest BCUT2D eigenvalue weighted by Crippen LogP contribution is 2.31. The minimum Gasteiger partial charge on any atom is -0.493 e. The third kappa shape index (κ3) is 7.49. The zero-order valence-corrected chi connectivity index (χ0v) is 19.1. The number of benzene rings is 2. The second kappa shape index (κ2) is 12.7. The van der Waals surface area contributed by atoms with E-state index in [9.17, 15) is 0 Å². The molecule has 0 radical (unpaired) electrons. The summed E-state index contributed by atoms with van der Waals surface area (Å²) in [6, 6.07) is 16.4. The van der Waals surface area contributed by atoms with Crippen molar-refractivity contribution in [2.45, 2.75) is 32.5 Å². The molecule has 0 aliphatic carbocycles. The zero-order chi connectivity index (χ0) is 19.6. The van der Waals surface area contributed by atoms with Crippen LogP contribution in [0.15, 0.2) is 53.5 Å². The Morgan fingerprint density at radius 3 is 2.79 bits per heavy atom. The number of nitrogens with zero attached hydrogens (tertiary/aromatic N) is 1. The van der Waals surface area contributed by atoms with E-state index in [1.165, 1.54) is 0 Å². The Morgan fingerprint density at radius 1 is 1.14 bits per heavy atom. The number of nitrogens with one attached hydrogen (secondary N) is 1.